The zero-order chi connectivity index (χ0) is 18.7. The Morgan fingerprint density at radius 2 is 1.82 bits per heavy atom. The van der Waals surface area contributed by atoms with Gasteiger partial charge in [0.1, 0.15) is 12.4 Å². The second kappa shape index (κ2) is 12.0. The van der Waals surface area contributed by atoms with Gasteiger partial charge in [-0.15, -0.1) is 24.0 Å². The molecule has 0 fully saturated rings. The maximum Gasteiger partial charge on any atom is 0.191 e. The summed E-state index contributed by atoms with van der Waals surface area (Å²) in [7, 11) is 0. The molecule has 0 aliphatic carbocycles. The number of guanidine groups is 1. The zero-order valence-electron chi connectivity index (χ0n) is 15.9. The minimum absolute atomic E-state index is 0. The second-order valence-corrected chi connectivity index (χ2v) is 5.90. The SMILES string of the molecule is CCNC(=NCc1ccc(-n2cccn2)cc1)NCCOc1ccccc1.I. The molecule has 1 heterocycles. The first-order chi connectivity index (χ1) is 13.3. The van der Waals surface area contributed by atoms with Gasteiger partial charge in [0.2, 0.25) is 0 Å². The molecule has 2 N–H and O–H groups in total. The Bertz CT molecular complexity index is 820. The summed E-state index contributed by atoms with van der Waals surface area (Å²) in [5, 5.41) is 10.8. The first kappa shape index (κ1) is 21.7. The maximum atomic E-state index is 5.69. The lowest BCUT2D eigenvalue weighted by atomic mass is 10.2. The van der Waals surface area contributed by atoms with Crippen LogP contribution in [0.1, 0.15) is 12.5 Å². The van der Waals surface area contributed by atoms with Crippen LogP contribution in [0.25, 0.3) is 5.69 Å². The van der Waals surface area contributed by atoms with Gasteiger partial charge in [-0.1, -0.05) is 30.3 Å². The van der Waals surface area contributed by atoms with Crippen LogP contribution in [0, 0.1) is 0 Å². The minimum atomic E-state index is 0. The molecule has 28 heavy (non-hydrogen) atoms. The highest BCUT2D eigenvalue weighted by Gasteiger charge is 2.00. The van der Waals surface area contributed by atoms with E-state index in [1.807, 2.05) is 59.4 Å². The number of benzene rings is 2. The second-order valence-electron chi connectivity index (χ2n) is 5.90. The summed E-state index contributed by atoms with van der Waals surface area (Å²) in [5.41, 5.74) is 2.18. The lowest BCUT2D eigenvalue weighted by molar-refractivity contribution is 0.322. The number of aliphatic imine (C=N–C) groups is 1. The average Bonchev–Trinajstić information content (AvgIpc) is 3.25. The third-order valence-corrected chi connectivity index (χ3v) is 3.88. The lowest BCUT2D eigenvalue weighted by Crippen LogP contribution is -2.39. The number of nitrogens with one attached hydrogen (secondary N) is 2. The largest absolute Gasteiger partial charge is 0.492 e. The van der Waals surface area contributed by atoms with Crippen molar-refractivity contribution in [3.05, 3.63) is 78.6 Å². The quantitative estimate of drug-likeness (QED) is 0.219. The Balaban J connectivity index is 0.00000280. The number of nitrogens with zero attached hydrogens (tertiary/aromatic N) is 3. The molecule has 0 atom stereocenters. The fourth-order valence-corrected chi connectivity index (χ4v) is 2.54. The van der Waals surface area contributed by atoms with Crippen molar-refractivity contribution in [3.63, 3.8) is 0 Å². The normalized spacial score (nSPS) is 10.8. The van der Waals surface area contributed by atoms with E-state index in [4.69, 9.17) is 4.74 Å². The first-order valence-electron chi connectivity index (χ1n) is 9.14. The van der Waals surface area contributed by atoms with Crippen molar-refractivity contribution in [3.8, 4) is 11.4 Å². The Hall–Kier alpha value is -2.55. The van der Waals surface area contributed by atoms with Crippen LogP contribution >= 0.6 is 24.0 Å². The van der Waals surface area contributed by atoms with E-state index >= 15 is 0 Å². The van der Waals surface area contributed by atoms with Crippen molar-refractivity contribution in [2.75, 3.05) is 19.7 Å². The molecule has 7 heteroatoms. The van der Waals surface area contributed by atoms with Gasteiger partial charge in [0, 0.05) is 18.9 Å². The van der Waals surface area contributed by atoms with Crippen molar-refractivity contribution in [1.29, 1.82) is 0 Å². The molecule has 0 radical (unpaired) electrons. The summed E-state index contributed by atoms with van der Waals surface area (Å²) in [5.74, 6) is 1.66. The molecule has 2 aromatic carbocycles. The van der Waals surface area contributed by atoms with Crippen LogP contribution in [-0.4, -0.2) is 35.4 Å². The topological polar surface area (TPSA) is 63.5 Å². The molecular weight excluding hydrogens is 465 g/mol. The molecule has 0 amide bonds. The van der Waals surface area contributed by atoms with E-state index in [0.717, 1.165) is 29.5 Å². The number of halogens is 1. The van der Waals surface area contributed by atoms with Crippen molar-refractivity contribution < 1.29 is 4.74 Å². The zero-order valence-corrected chi connectivity index (χ0v) is 18.2. The molecule has 0 aliphatic heterocycles. The van der Waals surface area contributed by atoms with E-state index in [0.29, 0.717) is 19.7 Å². The summed E-state index contributed by atoms with van der Waals surface area (Å²) < 4.78 is 7.53. The summed E-state index contributed by atoms with van der Waals surface area (Å²) in [6, 6.07) is 20.0. The van der Waals surface area contributed by atoms with Crippen LogP contribution in [0.5, 0.6) is 5.75 Å². The number of para-hydroxylation sites is 1. The van der Waals surface area contributed by atoms with Crippen LogP contribution in [0.2, 0.25) is 0 Å². The Morgan fingerprint density at radius 1 is 1.04 bits per heavy atom. The third-order valence-electron chi connectivity index (χ3n) is 3.88. The van der Waals surface area contributed by atoms with Gasteiger partial charge in [0.25, 0.3) is 0 Å². The van der Waals surface area contributed by atoms with Gasteiger partial charge in [-0.3, -0.25) is 0 Å². The lowest BCUT2D eigenvalue weighted by Gasteiger charge is -2.12. The monoisotopic (exact) mass is 491 g/mol. The molecule has 0 bridgehead atoms. The summed E-state index contributed by atoms with van der Waals surface area (Å²) in [6.07, 6.45) is 3.70. The van der Waals surface area contributed by atoms with E-state index in [2.05, 4.69) is 39.8 Å². The van der Waals surface area contributed by atoms with E-state index in [1.165, 1.54) is 0 Å². The Labute approximate surface area is 183 Å². The van der Waals surface area contributed by atoms with Gasteiger partial charge < -0.3 is 15.4 Å². The Morgan fingerprint density at radius 3 is 2.50 bits per heavy atom. The van der Waals surface area contributed by atoms with Gasteiger partial charge in [0.15, 0.2) is 5.96 Å². The third kappa shape index (κ3) is 6.88. The number of hydrogen-bond acceptors (Lipinski definition) is 3. The van der Waals surface area contributed by atoms with E-state index < -0.39 is 0 Å². The van der Waals surface area contributed by atoms with Crippen LogP contribution in [0.3, 0.4) is 0 Å². The molecule has 1 aromatic heterocycles. The number of hydrogen-bond donors (Lipinski definition) is 2. The predicted molar refractivity (Wildman–Crippen MR) is 124 cm³/mol. The van der Waals surface area contributed by atoms with Crippen LogP contribution < -0.4 is 15.4 Å². The molecule has 6 nitrogen and oxygen atoms in total. The van der Waals surface area contributed by atoms with Crippen LogP contribution in [0.15, 0.2) is 78.0 Å². The number of rotatable bonds is 8. The number of aromatic nitrogens is 2. The highest BCUT2D eigenvalue weighted by Crippen LogP contribution is 2.09. The summed E-state index contributed by atoms with van der Waals surface area (Å²) in [6.45, 7) is 4.72. The maximum absolute atomic E-state index is 5.69. The highest BCUT2D eigenvalue weighted by atomic mass is 127. The average molecular weight is 491 g/mol. The molecule has 0 saturated carbocycles. The molecule has 0 saturated heterocycles. The van der Waals surface area contributed by atoms with E-state index in [1.54, 1.807) is 6.20 Å². The summed E-state index contributed by atoms with van der Waals surface area (Å²) in [4.78, 5) is 4.64. The van der Waals surface area contributed by atoms with Crippen molar-refractivity contribution in [2.45, 2.75) is 13.5 Å². The summed E-state index contributed by atoms with van der Waals surface area (Å²) >= 11 is 0. The van der Waals surface area contributed by atoms with Crippen molar-refractivity contribution in [2.24, 2.45) is 4.99 Å². The van der Waals surface area contributed by atoms with Gasteiger partial charge >= 0.3 is 0 Å². The smallest absolute Gasteiger partial charge is 0.191 e. The van der Waals surface area contributed by atoms with Gasteiger partial charge in [-0.25, -0.2) is 9.67 Å². The fraction of sp³-hybridized carbons (Fsp3) is 0.238. The standard InChI is InChI=1S/C21H25N5O.HI/c1-2-22-21(23-14-16-27-20-7-4-3-5-8-20)24-17-18-9-11-19(12-10-18)26-15-6-13-25-26;/h3-13,15H,2,14,16-17H2,1H3,(H2,22,23,24);1H. The molecule has 148 valence electrons. The Kier molecular flexibility index (Phi) is 9.33. The molecule has 3 aromatic rings. The molecule has 0 aliphatic rings. The van der Waals surface area contributed by atoms with Gasteiger partial charge in [-0.2, -0.15) is 5.10 Å². The van der Waals surface area contributed by atoms with E-state index in [9.17, 15) is 0 Å². The minimum Gasteiger partial charge on any atom is -0.492 e. The van der Waals surface area contributed by atoms with E-state index in [-0.39, 0.29) is 24.0 Å². The molecule has 0 spiro atoms. The van der Waals surface area contributed by atoms with Gasteiger partial charge in [-0.05, 0) is 42.8 Å². The van der Waals surface area contributed by atoms with Crippen LogP contribution in [0.4, 0.5) is 0 Å². The molecular formula is C21H26IN5O. The number of ether oxygens (including phenoxy) is 1. The predicted octanol–water partition coefficient (Wildman–Crippen LogP) is 3.62. The first-order valence-corrected chi connectivity index (χ1v) is 9.14. The highest BCUT2D eigenvalue weighted by molar-refractivity contribution is 14.0. The van der Waals surface area contributed by atoms with Gasteiger partial charge in [0.05, 0.1) is 18.8 Å². The van der Waals surface area contributed by atoms with Crippen molar-refractivity contribution in [1.82, 2.24) is 20.4 Å². The molecule has 0 unspecified atom stereocenters. The molecule has 3 rings (SSSR count). The van der Waals surface area contributed by atoms with Crippen LogP contribution in [-0.2, 0) is 6.54 Å². The van der Waals surface area contributed by atoms with Crippen molar-refractivity contribution >= 4 is 29.9 Å². The fourth-order valence-electron chi connectivity index (χ4n) is 2.54.